The molecule has 146 valence electrons. The molecule has 1 fully saturated rings. The minimum atomic E-state index is -0.308. The number of nitriles is 1. The number of fused-ring (bicyclic) bond motifs is 2. The van der Waals surface area contributed by atoms with Crippen LogP contribution in [0.5, 0.6) is 0 Å². The molecule has 2 aromatic carbocycles. The first-order valence-electron chi connectivity index (χ1n) is 9.85. The maximum Gasteiger partial charge on any atom is 0.133 e. The van der Waals surface area contributed by atoms with Gasteiger partial charge in [-0.05, 0) is 73.0 Å². The van der Waals surface area contributed by atoms with Gasteiger partial charge in [-0.15, -0.1) is 0 Å². The van der Waals surface area contributed by atoms with E-state index >= 15 is 4.39 Å². The van der Waals surface area contributed by atoms with E-state index < -0.39 is 0 Å². The van der Waals surface area contributed by atoms with Gasteiger partial charge in [0.15, 0.2) is 0 Å². The van der Waals surface area contributed by atoms with E-state index in [-0.39, 0.29) is 5.82 Å². The number of rotatable bonds is 2. The van der Waals surface area contributed by atoms with E-state index in [1.54, 1.807) is 6.07 Å². The van der Waals surface area contributed by atoms with E-state index in [4.69, 9.17) is 0 Å². The second-order valence-electron chi connectivity index (χ2n) is 7.82. The van der Waals surface area contributed by atoms with E-state index in [0.717, 1.165) is 48.4 Å². The average Bonchev–Trinajstić information content (AvgIpc) is 3.13. The maximum absolute atomic E-state index is 15.0. The minimum absolute atomic E-state index is 0.308. The summed E-state index contributed by atoms with van der Waals surface area (Å²) in [5, 5.41) is 24.0. The third-order valence-corrected chi connectivity index (χ3v) is 5.81. The third kappa shape index (κ3) is 3.20. The van der Waals surface area contributed by atoms with Crippen molar-refractivity contribution in [3.63, 3.8) is 0 Å². The fraction of sp³-hybridized carbons (Fsp3) is 0.318. The number of nitrogens with one attached hydrogen (secondary N) is 2. The summed E-state index contributed by atoms with van der Waals surface area (Å²) >= 11 is 0. The maximum atomic E-state index is 15.0. The molecule has 29 heavy (non-hydrogen) atoms. The number of benzene rings is 2. The highest BCUT2D eigenvalue weighted by Gasteiger charge is 2.21. The van der Waals surface area contributed by atoms with Crippen LogP contribution in [0.25, 0.3) is 22.0 Å². The highest BCUT2D eigenvalue weighted by Crippen LogP contribution is 2.35. The van der Waals surface area contributed by atoms with Crippen molar-refractivity contribution in [2.45, 2.75) is 25.3 Å². The second-order valence-corrected chi connectivity index (χ2v) is 7.82. The molecule has 0 unspecified atom stereocenters. The lowest BCUT2D eigenvalue weighted by Crippen LogP contribution is -2.27. The highest BCUT2D eigenvalue weighted by atomic mass is 19.1. The van der Waals surface area contributed by atoms with Crippen LogP contribution in [0.15, 0.2) is 30.3 Å². The van der Waals surface area contributed by atoms with Crippen LogP contribution >= 0.6 is 0 Å². The molecule has 6 nitrogen and oxygen atoms in total. The zero-order valence-corrected chi connectivity index (χ0v) is 16.2. The standard InChI is InChI=1S/C22H21FN6/c1-29-12-17-7-14(6-16(11-24)22(17)28-29)15-8-19(23)18-10-20(26-27-21(18)9-15)13-2-4-25-5-3-13/h6-10,13,25,28H,2-5,12H2,1H3. The van der Waals surface area contributed by atoms with Crippen molar-refractivity contribution in [3.05, 3.63) is 53.0 Å². The van der Waals surface area contributed by atoms with E-state index in [1.165, 1.54) is 6.07 Å². The minimum Gasteiger partial charge on any atom is -0.317 e. The fourth-order valence-corrected chi connectivity index (χ4v) is 4.30. The molecule has 0 atom stereocenters. The Morgan fingerprint density at radius 3 is 2.69 bits per heavy atom. The van der Waals surface area contributed by atoms with Crippen molar-refractivity contribution >= 4 is 16.6 Å². The molecule has 0 amide bonds. The lowest BCUT2D eigenvalue weighted by molar-refractivity contribution is 0.422. The highest BCUT2D eigenvalue weighted by molar-refractivity contribution is 5.86. The van der Waals surface area contributed by atoms with Gasteiger partial charge in [-0.2, -0.15) is 15.5 Å². The number of hydrazine groups is 1. The van der Waals surface area contributed by atoms with Crippen molar-refractivity contribution in [1.82, 2.24) is 20.5 Å². The lowest BCUT2D eigenvalue weighted by atomic mass is 9.93. The van der Waals surface area contributed by atoms with Crippen LogP contribution in [-0.4, -0.2) is 35.3 Å². The predicted octanol–water partition coefficient (Wildman–Crippen LogP) is 3.55. The molecule has 1 aromatic heterocycles. The summed E-state index contributed by atoms with van der Waals surface area (Å²) in [4.78, 5) is 0. The SMILES string of the molecule is CN1Cc2cc(-c3cc(F)c4cc(C5CCNCC5)nnc4c3)cc(C#N)c2N1. The molecule has 2 aliphatic heterocycles. The van der Waals surface area contributed by atoms with Crippen LogP contribution in [0.3, 0.4) is 0 Å². The number of halogens is 1. The molecule has 0 radical (unpaired) electrons. The topological polar surface area (TPSA) is 76.9 Å². The van der Waals surface area contributed by atoms with Gasteiger partial charge in [-0.1, -0.05) is 0 Å². The van der Waals surface area contributed by atoms with Gasteiger partial charge < -0.3 is 10.7 Å². The Balaban J connectivity index is 1.57. The number of hydrogen-bond donors (Lipinski definition) is 2. The van der Waals surface area contributed by atoms with Crippen molar-refractivity contribution in [3.8, 4) is 17.2 Å². The first kappa shape index (κ1) is 18.0. The molecule has 0 saturated carbocycles. The van der Waals surface area contributed by atoms with Gasteiger partial charge in [0.05, 0.1) is 22.5 Å². The summed E-state index contributed by atoms with van der Waals surface area (Å²) in [6, 6.07) is 11.3. The van der Waals surface area contributed by atoms with Crippen LogP contribution < -0.4 is 10.7 Å². The van der Waals surface area contributed by atoms with Crippen molar-refractivity contribution < 1.29 is 4.39 Å². The second kappa shape index (κ2) is 7.07. The summed E-state index contributed by atoms with van der Waals surface area (Å²) in [6.45, 7) is 2.60. The van der Waals surface area contributed by atoms with Crippen LogP contribution in [0, 0.1) is 17.1 Å². The van der Waals surface area contributed by atoms with Gasteiger partial charge in [-0.25, -0.2) is 9.40 Å². The van der Waals surface area contributed by atoms with Crippen LogP contribution in [0.1, 0.15) is 35.6 Å². The van der Waals surface area contributed by atoms with Gasteiger partial charge in [0.1, 0.15) is 11.9 Å². The molecular weight excluding hydrogens is 367 g/mol. The summed E-state index contributed by atoms with van der Waals surface area (Å²) < 4.78 is 15.0. The molecule has 0 aliphatic carbocycles. The third-order valence-electron chi connectivity index (χ3n) is 5.81. The Morgan fingerprint density at radius 2 is 1.90 bits per heavy atom. The number of nitrogens with zero attached hydrogens (tertiary/aromatic N) is 4. The smallest absolute Gasteiger partial charge is 0.133 e. The molecule has 5 rings (SSSR count). The molecule has 2 aliphatic rings. The van der Waals surface area contributed by atoms with Crippen LogP contribution in [0.4, 0.5) is 10.1 Å². The van der Waals surface area contributed by atoms with E-state index in [0.29, 0.717) is 34.5 Å². The zero-order valence-electron chi connectivity index (χ0n) is 16.2. The summed E-state index contributed by atoms with van der Waals surface area (Å²) in [7, 11) is 1.92. The number of anilines is 1. The van der Waals surface area contributed by atoms with E-state index in [2.05, 4.69) is 27.0 Å². The van der Waals surface area contributed by atoms with Crippen molar-refractivity contribution in [2.24, 2.45) is 0 Å². The molecule has 0 bridgehead atoms. The Bertz CT molecular complexity index is 1150. The first-order valence-corrected chi connectivity index (χ1v) is 9.85. The van der Waals surface area contributed by atoms with E-state index in [1.807, 2.05) is 30.3 Å². The van der Waals surface area contributed by atoms with Gasteiger partial charge in [0, 0.05) is 24.9 Å². The van der Waals surface area contributed by atoms with Crippen LogP contribution in [-0.2, 0) is 6.54 Å². The molecule has 7 heteroatoms. The Morgan fingerprint density at radius 1 is 1.10 bits per heavy atom. The Kier molecular flexibility index (Phi) is 4.38. The number of piperidine rings is 1. The number of aromatic nitrogens is 2. The van der Waals surface area contributed by atoms with Crippen molar-refractivity contribution in [2.75, 3.05) is 25.6 Å². The molecule has 3 heterocycles. The van der Waals surface area contributed by atoms with E-state index in [9.17, 15) is 5.26 Å². The molecule has 0 spiro atoms. The average molecular weight is 388 g/mol. The van der Waals surface area contributed by atoms with Crippen molar-refractivity contribution in [1.29, 1.82) is 5.26 Å². The van der Waals surface area contributed by atoms with Gasteiger partial charge in [-0.3, -0.25) is 0 Å². The first-order chi connectivity index (χ1) is 14.1. The summed E-state index contributed by atoms with van der Waals surface area (Å²) in [5.74, 6) is 0.0171. The van der Waals surface area contributed by atoms with Gasteiger partial charge >= 0.3 is 0 Å². The normalized spacial score (nSPS) is 17.1. The zero-order chi connectivity index (χ0) is 20.0. The molecule has 1 saturated heterocycles. The summed E-state index contributed by atoms with van der Waals surface area (Å²) in [5.41, 5.74) is 8.49. The van der Waals surface area contributed by atoms with Gasteiger partial charge in [0.2, 0.25) is 0 Å². The predicted molar refractivity (Wildman–Crippen MR) is 110 cm³/mol. The fourth-order valence-electron chi connectivity index (χ4n) is 4.30. The molecule has 2 N–H and O–H groups in total. The Hall–Kier alpha value is -3.08. The van der Waals surface area contributed by atoms with Gasteiger partial charge in [0.25, 0.3) is 0 Å². The monoisotopic (exact) mass is 388 g/mol. The quantitative estimate of drug-likeness (QED) is 0.699. The van der Waals surface area contributed by atoms with Crippen LogP contribution in [0.2, 0.25) is 0 Å². The Labute approximate surface area is 168 Å². The lowest BCUT2D eigenvalue weighted by Gasteiger charge is -2.21. The number of hydrogen-bond acceptors (Lipinski definition) is 6. The summed E-state index contributed by atoms with van der Waals surface area (Å²) in [6.07, 6.45) is 1.99. The molecular formula is C22H21FN6. The largest absolute Gasteiger partial charge is 0.317 e. The molecule has 3 aromatic rings.